The molecule has 0 aromatic heterocycles. The minimum Gasteiger partial charge on any atom is -0.369 e. The zero-order chi connectivity index (χ0) is 11.7. The molecule has 1 saturated heterocycles. The van der Waals surface area contributed by atoms with Crippen LogP contribution in [0.5, 0.6) is 0 Å². The molecule has 0 aliphatic carbocycles. The van der Waals surface area contributed by atoms with Crippen LogP contribution >= 0.6 is 0 Å². The van der Waals surface area contributed by atoms with Crippen molar-refractivity contribution in [1.82, 2.24) is 4.57 Å². The molecular formula is C12H25NOSi. The van der Waals surface area contributed by atoms with E-state index in [-0.39, 0.29) is 5.41 Å². The van der Waals surface area contributed by atoms with E-state index >= 15 is 0 Å². The summed E-state index contributed by atoms with van der Waals surface area (Å²) in [6.45, 7) is 12.0. The molecule has 3 heteroatoms. The summed E-state index contributed by atoms with van der Waals surface area (Å²) in [5.41, 5.74) is -0.138. The van der Waals surface area contributed by atoms with Gasteiger partial charge < -0.3 is 4.57 Å². The number of amides is 1. The third-order valence-corrected chi connectivity index (χ3v) is 5.36. The average molecular weight is 227 g/mol. The Kier molecular flexibility index (Phi) is 3.64. The van der Waals surface area contributed by atoms with Crippen molar-refractivity contribution >= 4 is 14.1 Å². The van der Waals surface area contributed by atoms with Gasteiger partial charge in [0.1, 0.15) is 0 Å². The molecule has 2 nitrogen and oxygen atoms in total. The second-order valence-corrected chi connectivity index (χ2v) is 11.2. The van der Waals surface area contributed by atoms with Crippen molar-refractivity contribution in [3.05, 3.63) is 0 Å². The second-order valence-electron chi connectivity index (χ2n) is 6.32. The first-order chi connectivity index (χ1) is 6.75. The van der Waals surface area contributed by atoms with Crippen molar-refractivity contribution in [2.75, 3.05) is 6.54 Å². The van der Waals surface area contributed by atoms with E-state index < -0.39 is 8.24 Å². The molecule has 0 aromatic carbocycles. The van der Waals surface area contributed by atoms with Crippen LogP contribution in [0.4, 0.5) is 0 Å². The van der Waals surface area contributed by atoms with Gasteiger partial charge in [0.15, 0.2) is 8.24 Å². The lowest BCUT2D eigenvalue weighted by Gasteiger charge is -2.41. The number of hydrogen-bond donors (Lipinski definition) is 0. The van der Waals surface area contributed by atoms with E-state index in [1.807, 2.05) is 0 Å². The highest BCUT2D eigenvalue weighted by molar-refractivity contribution is 6.75. The SMILES string of the molecule is CC1(C)CCCCCN([Si](C)(C)C)C1=O. The van der Waals surface area contributed by atoms with E-state index in [1.165, 1.54) is 19.3 Å². The molecule has 1 rings (SSSR count). The first-order valence-corrected chi connectivity index (χ1v) is 9.52. The highest BCUT2D eigenvalue weighted by Crippen LogP contribution is 2.31. The maximum atomic E-state index is 12.4. The standard InChI is InChI=1S/C12H25NOSi/c1-12(2)9-7-6-8-10-13(11(12)14)15(3,4)5/h6-10H2,1-5H3. The smallest absolute Gasteiger partial charge is 0.220 e. The van der Waals surface area contributed by atoms with Crippen molar-refractivity contribution in [3.8, 4) is 0 Å². The van der Waals surface area contributed by atoms with Crippen molar-refractivity contribution in [3.63, 3.8) is 0 Å². The van der Waals surface area contributed by atoms with Gasteiger partial charge >= 0.3 is 0 Å². The van der Waals surface area contributed by atoms with Gasteiger partial charge in [-0.2, -0.15) is 0 Å². The van der Waals surface area contributed by atoms with E-state index in [9.17, 15) is 4.79 Å². The van der Waals surface area contributed by atoms with Crippen LogP contribution in [0, 0.1) is 5.41 Å². The molecule has 1 heterocycles. The van der Waals surface area contributed by atoms with Crippen LogP contribution in [-0.2, 0) is 4.79 Å². The van der Waals surface area contributed by atoms with E-state index in [2.05, 4.69) is 38.1 Å². The fraction of sp³-hybridized carbons (Fsp3) is 0.917. The van der Waals surface area contributed by atoms with Gasteiger partial charge in [0, 0.05) is 12.0 Å². The Morgan fingerprint density at radius 2 is 1.73 bits per heavy atom. The molecule has 0 unspecified atom stereocenters. The van der Waals surface area contributed by atoms with Crippen molar-refractivity contribution in [1.29, 1.82) is 0 Å². The van der Waals surface area contributed by atoms with Gasteiger partial charge in [0.2, 0.25) is 5.91 Å². The minimum atomic E-state index is -1.48. The van der Waals surface area contributed by atoms with Gasteiger partial charge in [-0.1, -0.05) is 46.3 Å². The summed E-state index contributed by atoms with van der Waals surface area (Å²) in [6.07, 6.45) is 4.72. The van der Waals surface area contributed by atoms with Crippen molar-refractivity contribution in [2.45, 2.75) is 59.2 Å². The maximum Gasteiger partial charge on any atom is 0.220 e. The third kappa shape index (κ3) is 3.07. The fourth-order valence-electron chi connectivity index (χ4n) is 2.23. The van der Waals surface area contributed by atoms with E-state index in [4.69, 9.17) is 0 Å². The van der Waals surface area contributed by atoms with Crippen LogP contribution in [0.15, 0.2) is 0 Å². The highest BCUT2D eigenvalue weighted by Gasteiger charge is 2.38. The molecule has 0 bridgehead atoms. The average Bonchev–Trinajstić information content (AvgIpc) is 2.05. The number of carbonyl (C=O) groups is 1. The van der Waals surface area contributed by atoms with Crippen LogP contribution in [-0.4, -0.2) is 25.3 Å². The minimum absolute atomic E-state index is 0.138. The van der Waals surface area contributed by atoms with Gasteiger partial charge in [-0.3, -0.25) is 4.79 Å². The van der Waals surface area contributed by atoms with Gasteiger partial charge in [-0.25, -0.2) is 0 Å². The Balaban J connectivity index is 2.89. The normalized spacial score (nSPS) is 23.5. The third-order valence-electron chi connectivity index (χ3n) is 3.32. The van der Waals surface area contributed by atoms with Crippen LogP contribution < -0.4 is 0 Å². The Hall–Kier alpha value is -0.313. The summed E-state index contributed by atoms with van der Waals surface area (Å²) in [6, 6.07) is 0. The van der Waals surface area contributed by atoms with Crippen molar-refractivity contribution < 1.29 is 4.79 Å². The van der Waals surface area contributed by atoms with Crippen LogP contribution in [0.3, 0.4) is 0 Å². The molecule has 1 fully saturated rings. The summed E-state index contributed by atoms with van der Waals surface area (Å²) in [5, 5.41) is 0. The summed E-state index contributed by atoms with van der Waals surface area (Å²) in [4.78, 5) is 12.4. The lowest BCUT2D eigenvalue weighted by Crippen LogP contribution is -2.55. The molecule has 1 aliphatic heterocycles. The Morgan fingerprint density at radius 3 is 2.27 bits per heavy atom. The Labute approximate surface area is 95.1 Å². The quantitative estimate of drug-likeness (QED) is 0.630. The molecule has 0 radical (unpaired) electrons. The first kappa shape index (κ1) is 12.8. The highest BCUT2D eigenvalue weighted by atomic mass is 28.3. The predicted octanol–water partition coefficient (Wildman–Crippen LogP) is 3.25. The Morgan fingerprint density at radius 1 is 1.13 bits per heavy atom. The first-order valence-electron chi connectivity index (χ1n) is 6.07. The molecule has 0 atom stereocenters. The van der Waals surface area contributed by atoms with Crippen LogP contribution in [0.2, 0.25) is 19.6 Å². The lowest BCUT2D eigenvalue weighted by molar-refractivity contribution is -0.137. The Bertz CT molecular complexity index is 242. The predicted molar refractivity (Wildman–Crippen MR) is 67.3 cm³/mol. The van der Waals surface area contributed by atoms with E-state index in [0.717, 1.165) is 13.0 Å². The summed E-state index contributed by atoms with van der Waals surface area (Å²) >= 11 is 0. The fourth-order valence-corrected chi connectivity index (χ4v) is 3.97. The van der Waals surface area contributed by atoms with E-state index in [1.54, 1.807) is 0 Å². The second kappa shape index (κ2) is 4.28. The van der Waals surface area contributed by atoms with Crippen LogP contribution in [0.1, 0.15) is 39.5 Å². The number of hydrogen-bond acceptors (Lipinski definition) is 1. The molecule has 0 spiro atoms. The maximum absolute atomic E-state index is 12.4. The topological polar surface area (TPSA) is 20.3 Å². The zero-order valence-corrected chi connectivity index (χ0v) is 11.9. The monoisotopic (exact) mass is 227 g/mol. The molecule has 1 aliphatic rings. The molecule has 88 valence electrons. The zero-order valence-electron chi connectivity index (χ0n) is 10.9. The van der Waals surface area contributed by atoms with Gasteiger partial charge in [-0.15, -0.1) is 0 Å². The summed E-state index contributed by atoms with van der Waals surface area (Å²) in [5.74, 6) is 0.390. The largest absolute Gasteiger partial charge is 0.369 e. The molecule has 1 amide bonds. The number of carbonyl (C=O) groups excluding carboxylic acids is 1. The van der Waals surface area contributed by atoms with E-state index in [0.29, 0.717) is 5.91 Å². The van der Waals surface area contributed by atoms with Gasteiger partial charge in [-0.05, 0) is 12.8 Å². The number of rotatable bonds is 1. The van der Waals surface area contributed by atoms with Crippen molar-refractivity contribution in [2.24, 2.45) is 5.41 Å². The van der Waals surface area contributed by atoms with Crippen LogP contribution in [0.25, 0.3) is 0 Å². The lowest BCUT2D eigenvalue weighted by atomic mass is 9.85. The number of nitrogens with zero attached hydrogens (tertiary/aromatic N) is 1. The molecule has 0 aromatic rings. The molecule has 15 heavy (non-hydrogen) atoms. The molecule has 0 saturated carbocycles. The summed E-state index contributed by atoms with van der Waals surface area (Å²) < 4.78 is 2.20. The van der Waals surface area contributed by atoms with Gasteiger partial charge in [0.25, 0.3) is 0 Å². The summed E-state index contributed by atoms with van der Waals surface area (Å²) in [7, 11) is -1.48. The molecular weight excluding hydrogens is 202 g/mol. The van der Waals surface area contributed by atoms with Gasteiger partial charge in [0.05, 0.1) is 0 Å². The molecule has 0 N–H and O–H groups in total.